The Morgan fingerprint density at radius 2 is 1.00 bits per heavy atom. The summed E-state index contributed by atoms with van der Waals surface area (Å²) in [6.07, 6.45) is -2.47. The predicted octanol–water partition coefficient (Wildman–Crippen LogP) is 17.3. The predicted molar refractivity (Wildman–Crippen MR) is 381 cm³/mol. The molecule has 1 aliphatic heterocycles. The first-order valence-electron chi connectivity index (χ1n) is 31.4. The van der Waals surface area contributed by atoms with Gasteiger partial charge in [-0.1, -0.05) is 109 Å². The van der Waals surface area contributed by atoms with Crippen LogP contribution in [-0.4, -0.2) is 99.7 Å². The highest BCUT2D eigenvalue weighted by Gasteiger charge is 2.36. The van der Waals surface area contributed by atoms with Gasteiger partial charge in [-0.2, -0.15) is 10.2 Å². The molecule has 99 heavy (non-hydrogen) atoms. The molecule has 12 aromatic rings. The number of phenols is 2. The number of hydrogen-bond acceptors (Lipinski definition) is 13. The molecular weight excluding hydrogens is 1300 g/mol. The summed E-state index contributed by atoms with van der Waals surface area (Å²) >= 11 is 10.3. The topological polar surface area (TPSA) is 201 Å². The van der Waals surface area contributed by atoms with Crippen molar-refractivity contribution >= 4 is 68.0 Å². The average molecular weight is 1370 g/mol. The van der Waals surface area contributed by atoms with Crippen molar-refractivity contribution in [3.05, 3.63) is 204 Å². The van der Waals surface area contributed by atoms with Crippen molar-refractivity contribution in [1.82, 2.24) is 29.2 Å². The molecule has 13 rings (SSSR count). The highest BCUT2D eigenvalue weighted by molar-refractivity contribution is 6.20. The van der Waals surface area contributed by atoms with Gasteiger partial charge in [0, 0.05) is 90.9 Å². The largest absolute Gasteiger partial charge is 0.507 e. The van der Waals surface area contributed by atoms with Crippen molar-refractivity contribution in [3.63, 3.8) is 0 Å². The zero-order valence-electron chi connectivity index (χ0n) is 55.5. The molecule has 0 fully saturated rings. The van der Waals surface area contributed by atoms with Crippen LogP contribution in [0.15, 0.2) is 170 Å². The number of nitrogens with zero attached hydrogens (tertiary/aromatic N) is 6. The minimum atomic E-state index is -1.34. The van der Waals surface area contributed by atoms with Gasteiger partial charge in [0.25, 0.3) is 0 Å². The van der Waals surface area contributed by atoms with E-state index in [1.165, 1.54) is 31.4 Å². The molecule has 5 heterocycles. The maximum absolute atomic E-state index is 14.3. The van der Waals surface area contributed by atoms with Crippen LogP contribution >= 0.6 is 23.2 Å². The second-order valence-corrected chi connectivity index (χ2v) is 25.5. The molecule has 0 radical (unpaired) electrons. The van der Waals surface area contributed by atoms with Crippen LogP contribution < -0.4 is 9.47 Å². The van der Waals surface area contributed by atoms with Crippen LogP contribution in [0.3, 0.4) is 0 Å². The molecule has 0 amide bonds. The lowest BCUT2D eigenvalue weighted by Crippen LogP contribution is -2.29. The van der Waals surface area contributed by atoms with Gasteiger partial charge in [0.2, 0.25) is 0 Å². The highest BCUT2D eigenvalue weighted by Crippen LogP contribution is 2.45. The molecule has 502 valence electrons. The Bertz CT molecular complexity index is 5220. The van der Waals surface area contributed by atoms with E-state index in [0.29, 0.717) is 107 Å². The van der Waals surface area contributed by atoms with E-state index in [9.17, 15) is 33.7 Å². The van der Waals surface area contributed by atoms with Gasteiger partial charge >= 0.3 is 11.9 Å². The van der Waals surface area contributed by atoms with Crippen LogP contribution in [0.1, 0.15) is 76.3 Å². The van der Waals surface area contributed by atoms with Gasteiger partial charge in [-0.05, 0) is 138 Å². The summed E-state index contributed by atoms with van der Waals surface area (Å²) in [7, 11) is 1.32. The summed E-state index contributed by atoms with van der Waals surface area (Å²) in [5.41, 5.74) is 9.43. The molecule has 0 unspecified atom stereocenters. The van der Waals surface area contributed by atoms with Crippen LogP contribution in [0.4, 0.5) is 8.78 Å². The minimum absolute atomic E-state index is 0.0443. The van der Waals surface area contributed by atoms with Crippen molar-refractivity contribution in [3.8, 4) is 114 Å². The van der Waals surface area contributed by atoms with Crippen LogP contribution in [0.2, 0.25) is 0 Å². The molecule has 8 aromatic carbocycles. The van der Waals surface area contributed by atoms with E-state index in [-0.39, 0.29) is 24.7 Å². The number of benzene rings is 8. The highest BCUT2D eigenvalue weighted by atomic mass is 35.5. The summed E-state index contributed by atoms with van der Waals surface area (Å²) in [4.78, 5) is 36.0. The minimum Gasteiger partial charge on any atom is -0.507 e. The van der Waals surface area contributed by atoms with Crippen LogP contribution in [-0.2, 0) is 23.8 Å². The van der Waals surface area contributed by atoms with Gasteiger partial charge in [-0.25, -0.2) is 37.4 Å². The molecule has 16 nitrogen and oxygen atoms in total. The number of halogens is 4. The van der Waals surface area contributed by atoms with Crippen molar-refractivity contribution in [2.24, 2.45) is 0 Å². The van der Waals surface area contributed by atoms with E-state index in [1.54, 1.807) is 34.2 Å². The summed E-state index contributed by atoms with van der Waals surface area (Å²) in [5, 5.41) is 44.7. The zero-order valence-corrected chi connectivity index (χ0v) is 57.1. The number of carbonyl (C=O) groups excluding carboxylic acids is 1. The van der Waals surface area contributed by atoms with Crippen molar-refractivity contribution in [2.45, 2.75) is 78.8 Å². The van der Waals surface area contributed by atoms with Crippen molar-refractivity contribution in [1.29, 1.82) is 0 Å². The summed E-state index contributed by atoms with van der Waals surface area (Å²) in [6, 6.07) is 49.5. The van der Waals surface area contributed by atoms with Gasteiger partial charge in [0.1, 0.15) is 47.8 Å². The third-order valence-electron chi connectivity index (χ3n) is 15.9. The van der Waals surface area contributed by atoms with E-state index >= 15 is 0 Å². The molecule has 0 saturated carbocycles. The maximum Gasteiger partial charge on any atom is 0.339 e. The molecule has 0 spiro atoms. The number of carboxylic acid groups (broad SMARTS) is 1. The standard InChI is InChI=1S/C39H32FN3O5.C36H32FN3O5.C4H4Cl2/c1-23-35(37(38(44)45)48-39(2,3)4)36-30-16-17-32(29-13-6-5-12-28(29)30)46-18-7-8-19-47-33-21-26(40)14-15-27(33)24-10-9-11-25(20-24)31-22-34(41-23)43(36)42-31;1-20-32(34(35(43)44-5)45-36(2,3)4)33(27-15-16-29(41)26-12-7-6-11-25(26)27)40-31(38-20)19-28(39-40)22-10-8-9-21(17-22)24-14-13-23(37)18-30(24)42;5-3-1-2-4-6/h5-6,9-17,20-22,37H,18-19H2,1-4H3,(H,44,45);6-19,34,41-42H,1-5H3;3-4H2/t37-;34-;/m00./s1. The number of aryl methyl sites for hydroxylation is 2. The fourth-order valence-corrected chi connectivity index (χ4v) is 12.0. The lowest BCUT2D eigenvalue weighted by molar-refractivity contribution is -0.164. The van der Waals surface area contributed by atoms with Crippen LogP contribution in [0.25, 0.3) is 100 Å². The Kier molecular flexibility index (Phi) is 20.7. The molecule has 6 bridgehead atoms. The average Bonchev–Trinajstić information content (AvgIpc) is 1.73. The van der Waals surface area contributed by atoms with E-state index in [1.807, 2.05) is 170 Å². The molecule has 0 aliphatic carbocycles. The Labute approximate surface area is 580 Å². The second-order valence-electron chi connectivity index (χ2n) is 25.0. The molecule has 0 saturated heterocycles. The fourth-order valence-electron chi connectivity index (χ4n) is 11.8. The first-order valence-corrected chi connectivity index (χ1v) is 32.5. The molecule has 20 heteroatoms. The number of methoxy groups -OCH3 is 1. The molecule has 4 aromatic heterocycles. The van der Waals surface area contributed by atoms with E-state index in [0.717, 1.165) is 44.5 Å². The van der Waals surface area contributed by atoms with Crippen molar-refractivity contribution < 1.29 is 57.4 Å². The number of hydrogen-bond donors (Lipinski definition) is 3. The quantitative estimate of drug-likeness (QED) is 0.0700. The lowest BCUT2D eigenvalue weighted by atomic mass is 9.94. The molecule has 1 aliphatic rings. The Morgan fingerprint density at radius 3 is 1.53 bits per heavy atom. The Morgan fingerprint density at radius 1 is 0.545 bits per heavy atom. The number of aromatic hydroxyl groups is 2. The number of phenolic OH excluding ortho intramolecular Hbond substituents is 2. The number of ether oxygens (including phenoxy) is 5. The third-order valence-corrected chi connectivity index (χ3v) is 16.2. The number of aromatic nitrogens is 6. The first kappa shape index (κ1) is 69.5. The normalized spacial score (nSPS) is 12.6. The van der Waals surface area contributed by atoms with Gasteiger partial charge in [-0.3, -0.25) is 0 Å². The summed E-state index contributed by atoms with van der Waals surface area (Å²) in [5.74, 6) is 10.1. The van der Waals surface area contributed by atoms with Gasteiger partial charge < -0.3 is 39.0 Å². The van der Waals surface area contributed by atoms with Gasteiger partial charge in [-0.15, -0.1) is 23.2 Å². The number of esters is 1. The van der Waals surface area contributed by atoms with Gasteiger partial charge in [0.05, 0.1) is 52.8 Å². The number of fused-ring (bicyclic) bond motifs is 15. The number of carboxylic acids is 1. The fraction of sp³-hybridized carbons (Fsp3) is 0.215. The number of rotatable bonds is 9. The zero-order chi connectivity index (χ0) is 70.4. The summed E-state index contributed by atoms with van der Waals surface area (Å²) < 4.78 is 61.2. The number of alkyl halides is 2. The van der Waals surface area contributed by atoms with E-state index in [2.05, 4.69) is 23.7 Å². The molecular formula is C79H68Cl2F2N6O10. The third kappa shape index (κ3) is 15.3. The monoisotopic (exact) mass is 1370 g/mol. The first-order chi connectivity index (χ1) is 47.4. The second kappa shape index (κ2) is 29.5. The van der Waals surface area contributed by atoms with Crippen molar-refractivity contribution in [2.75, 3.05) is 32.1 Å². The van der Waals surface area contributed by atoms with E-state index < -0.39 is 47.0 Å². The SMILES string of the molecule is COC(=O)[C@@H](OC(C)(C)C)c1c(C)nc2cc(-c3cccc(-c4ccc(F)cc4O)c3)nn2c1-c1ccc(O)c2ccccc12.Cc1nc2cc3nn2c(c1[C@H](OC(C)(C)C)C(=O)O)-c1ccc(c2ccccc12)OCC#CCOc1cc(F)ccc1-c1cccc-3c1.ClCC#CCCl. The Hall–Kier alpha value is -10.9. The summed E-state index contributed by atoms with van der Waals surface area (Å²) in [6.45, 7) is 14.8. The number of carbonyl (C=O) groups is 2. The van der Waals surface area contributed by atoms with Gasteiger partial charge in [0.15, 0.2) is 23.5 Å². The number of aliphatic carboxylic acids is 1. The van der Waals surface area contributed by atoms with Crippen LogP contribution in [0.5, 0.6) is 23.0 Å². The van der Waals surface area contributed by atoms with Crippen LogP contribution in [0, 0.1) is 49.2 Å². The Balaban J connectivity index is 0.000000185. The maximum atomic E-state index is 14.3. The molecule has 2 atom stereocenters. The van der Waals surface area contributed by atoms with E-state index in [4.69, 9.17) is 67.1 Å². The lowest BCUT2D eigenvalue weighted by Gasteiger charge is -2.28. The molecule has 3 N–H and O–H groups in total. The smallest absolute Gasteiger partial charge is 0.339 e.